The Hall–Kier alpha value is -1.87. The first-order valence-electron chi connectivity index (χ1n) is 5.77. The van der Waals surface area contributed by atoms with E-state index in [9.17, 15) is 14.4 Å². The van der Waals surface area contributed by atoms with Gasteiger partial charge in [0.1, 0.15) is 5.82 Å². The number of fused-ring (bicyclic) bond motifs is 1. The third-order valence-corrected chi connectivity index (χ3v) is 4.08. The first-order chi connectivity index (χ1) is 9.90. The van der Waals surface area contributed by atoms with Crippen molar-refractivity contribution in [1.29, 1.82) is 0 Å². The van der Waals surface area contributed by atoms with Crippen molar-refractivity contribution in [2.24, 2.45) is 0 Å². The van der Waals surface area contributed by atoms with Gasteiger partial charge in [-0.25, -0.2) is 0 Å². The van der Waals surface area contributed by atoms with Gasteiger partial charge < -0.3 is 5.73 Å². The Labute approximate surface area is 137 Å². The van der Waals surface area contributed by atoms with Gasteiger partial charge in [-0.05, 0) is 40.8 Å². The Bertz CT molecular complexity index is 876. The van der Waals surface area contributed by atoms with Crippen molar-refractivity contribution in [1.82, 2.24) is 9.88 Å². The quantitative estimate of drug-likeness (QED) is 0.546. The first-order valence-corrected chi connectivity index (χ1v) is 7.22. The van der Waals surface area contributed by atoms with Crippen molar-refractivity contribution >= 4 is 51.8 Å². The van der Waals surface area contributed by atoms with Crippen molar-refractivity contribution in [2.45, 2.75) is 0 Å². The predicted molar refractivity (Wildman–Crippen MR) is 86.0 cm³/mol. The van der Waals surface area contributed by atoms with Gasteiger partial charge in [0.2, 0.25) is 0 Å². The molecule has 3 rings (SSSR count). The second-order valence-corrected chi connectivity index (χ2v) is 6.02. The molecule has 0 saturated heterocycles. The van der Waals surface area contributed by atoms with Crippen LogP contribution in [0.4, 0.5) is 5.82 Å². The van der Waals surface area contributed by atoms with Crippen LogP contribution < -0.4 is 16.6 Å². The van der Waals surface area contributed by atoms with E-state index in [-0.39, 0.29) is 16.9 Å². The second-order valence-electron chi connectivity index (χ2n) is 4.37. The van der Waals surface area contributed by atoms with E-state index in [4.69, 9.17) is 17.3 Å². The highest BCUT2D eigenvalue weighted by atomic mass is 127. The number of anilines is 1. The SMILES string of the molecule is Nc1c2c(cc(=O)n1-c1ccc(I)cc1Cl)C(=O)NC2=O. The van der Waals surface area contributed by atoms with Crippen molar-refractivity contribution in [2.75, 3.05) is 5.73 Å². The number of amides is 2. The molecule has 0 atom stereocenters. The average Bonchev–Trinajstić information content (AvgIpc) is 2.67. The lowest BCUT2D eigenvalue weighted by Crippen LogP contribution is -2.24. The van der Waals surface area contributed by atoms with Gasteiger partial charge in [-0.3, -0.25) is 24.3 Å². The number of nitrogens with two attached hydrogens (primary N) is 1. The van der Waals surface area contributed by atoms with Gasteiger partial charge in [-0.2, -0.15) is 0 Å². The largest absolute Gasteiger partial charge is 0.384 e. The van der Waals surface area contributed by atoms with E-state index in [1.165, 1.54) is 0 Å². The summed E-state index contributed by atoms with van der Waals surface area (Å²) in [6, 6.07) is 6.14. The molecule has 8 heteroatoms. The summed E-state index contributed by atoms with van der Waals surface area (Å²) in [6.07, 6.45) is 0. The number of aromatic nitrogens is 1. The Kier molecular flexibility index (Phi) is 3.25. The third kappa shape index (κ3) is 2.12. The van der Waals surface area contributed by atoms with Gasteiger partial charge in [-0.15, -0.1) is 0 Å². The Morgan fingerprint density at radius 1 is 1.14 bits per heavy atom. The van der Waals surface area contributed by atoms with E-state index < -0.39 is 17.4 Å². The molecule has 0 unspecified atom stereocenters. The van der Waals surface area contributed by atoms with Crippen LogP contribution in [0.25, 0.3) is 5.69 Å². The monoisotopic (exact) mass is 415 g/mol. The third-order valence-electron chi connectivity index (χ3n) is 3.10. The van der Waals surface area contributed by atoms with Crippen molar-refractivity contribution in [3.8, 4) is 5.69 Å². The Morgan fingerprint density at radius 2 is 1.86 bits per heavy atom. The number of hydrogen-bond acceptors (Lipinski definition) is 4. The van der Waals surface area contributed by atoms with E-state index in [0.717, 1.165) is 14.2 Å². The molecule has 1 aliphatic rings. The van der Waals surface area contributed by atoms with E-state index >= 15 is 0 Å². The first kappa shape index (κ1) is 14.1. The number of halogens is 2. The number of carbonyl (C=O) groups is 2. The lowest BCUT2D eigenvalue weighted by molar-refractivity contribution is 0.0880. The number of hydrogen-bond donors (Lipinski definition) is 2. The van der Waals surface area contributed by atoms with Crippen LogP contribution >= 0.6 is 34.2 Å². The summed E-state index contributed by atoms with van der Waals surface area (Å²) in [5, 5.41) is 2.43. The highest BCUT2D eigenvalue weighted by Crippen LogP contribution is 2.27. The Balaban J connectivity index is 2.35. The van der Waals surface area contributed by atoms with Crippen LogP contribution in [0.15, 0.2) is 29.1 Å². The minimum atomic E-state index is -0.625. The highest BCUT2D eigenvalue weighted by molar-refractivity contribution is 14.1. The summed E-state index contributed by atoms with van der Waals surface area (Å²) in [4.78, 5) is 35.6. The van der Waals surface area contributed by atoms with Crippen LogP contribution in [0.5, 0.6) is 0 Å². The van der Waals surface area contributed by atoms with Crippen LogP contribution in [0, 0.1) is 3.57 Å². The summed E-state index contributed by atoms with van der Waals surface area (Å²) >= 11 is 8.22. The molecule has 1 aliphatic heterocycles. The topological polar surface area (TPSA) is 94.2 Å². The van der Waals surface area contributed by atoms with Gasteiger partial charge in [0.15, 0.2) is 0 Å². The molecule has 0 spiro atoms. The number of rotatable bonds is 1. The smallest absolute Gasteiger partial charge is 0.262 e. The zero-order valence-electron chi connectivity index (χ0n) is 10.3. The maximum absolute atomic E-state index is 12.2. The zero-order valence-corrected chi connectivity index (χ0v) is 13.2. The molecule has 0 bridgehead atoms. The molecule has 106 valence electrons. The number of benzene rings is 1. The number of nitrogens with zero attached hydrogens (tertiary/aromatic N) is 1. The molecule has 6 nitrogen and oxygen atoms in total. The fourth-order valence-electron chi connectivity index (χ4n) is 2.19. The second kappa shape index (κ2) is 4.85. The molecule has 0 radical (unpaired) electrons. The summed E-state index contributed by atoms with van der Waals surface area (Å²) in [5.41, 5.74) is 5.73. The van der Waals surface area contributed by atoms with Crippen LogP contribution in [0.3, 0.4) is 0 Å². The van der Waals surface area contributed by atoms with Gasteiger partial charge in [0.25, 0.3) is 17.4 Å². The molecule has 0 aliphatic carbocycles. The number of carbonyl (C=O) groups excluding carboxylic acids is 2. The van der Waals surface area contributed by atoms with Gasteiger partial charge in [0.05, 0.1) is 21.8 Å². The normalized spacial score (nSPS) is 13.2. The molecule has 0 fully saturated rings. The van der Waals surface area contributed by atoms with Crippen LogP contribution in [0.1, 0.15) is 20.7 Å². The maximum Gasteiger partial charge on any atom is 0.262 e. The molecule has 2 aromatic rings. The fraction of sp³-hybridized carbons (Fsp3) is 0. The minimum absolute atomic E-state index is 0.00535. The molecule has 2 heterocycles. The van der Waals surface area contributed by atoms with Crippen LogP contribution in [-0.2, 0) is 0 Å². The number of imide groups is 1. The minimum Gasteiger partial charge on any atom is -0.384 e. The molecular weight excluding hydrogens is 409 g/mol. The van der Waals surface area contributed by atoms with Crippen LogP contribution in [0.2, 0.25) is 5.02 Å². The average molecular weight is 416 g/mol. The highest BCUT2D eigenvalue weighted by Gasteiger charge is 2.32. The molecular formula is C13H7ClIN3O3. The summed E-state index contributed by atoms with van der Waals surface area (Å²) < 4.78 is 2.01. The summed E-state index contributed by atoms with van der Waals surface area (Å²) in [7, 11) is 0. The van der Waals surface area contributed by atoms with Crippen molar-refractivity contribution in [3.05, 3.63) is 54.3 Å². The molecule has 1 aromatic carbocycles. The van der Waals surface area contributed by atoms with E-state index in [1.807, 2.05) is 0 Å². The standard InChI is InChI=1S/C13H7ClIN3O3/c14-7-3-5(15)1-2-8(7)18-9(19)4-6-10(11(18)16)13(21)17-12(6)20/h1-4H,16H2,(H,17,20,21). The van der Waals surface area contributed by atoms with Crippen molar-refractivity contribution < 1.29 is 9.59 Å². The molecule has 0 saturated carbocycles. The van der Waals surface area contributed by atoms with Crippen molar-refractivity contribution in [3.63, 3.8) is 0 Å². The molecule has 3 N–H and O–H groups in total. The number of nitrogen functional groups attached to an aromatic ring is 1. The zero-order chi connectivity index (χ0) is 15.3. The lowest BCUT2D eigenvalue weighted by atomic mass is 10.1. The van der Waals surface area contributed by atoms with E-state index in [0.29, 0.717) is 10.7 Å². The van der Waals surface area contributed by atoms with E-state index in [1.54, 1.807) is 18.2 Å². The summed E-state index contributed by atoms with van der Waals surface area (Å²) in [5.74, 6) is -1.36. The number of pyridine rings is 1. The summed E-state index contributed by atoms with van der Waals surface area (Å²) in [6.45, 7) is 0. The van der Waals surface area contributed by atoms with Gasteiger partial charge in [-0.1, -0.05) is 11.6 Å². The lowest BCUT2D eigenvalue weighted by Gasteiger charge is -2.13. The molecule has 1 aromatic heterocycles. The fourth-order valence-corrected chi connectivity index (χ4v) is 3.13. The van der Waals surface area contributed by atoms with Gasteiger partial charge in [0, 0.05) is 9.64 Å². The Morgan fingerprint density at radius 3 is 2.52 bits per heavy atom. The molecule has 2 amide bonds. The van der Waals surface area contributed by atoms with Crippen LogP contribution in [-0.4, -0.2) is 16.4 Å². The predicted octanol–water partition coefficient (Wildman–Crippen LogP) is 1.56. The van der Waals surface area contributed by atoms with E-state index in [2.05, 4.69) is 27.9 Å². The maximum atomic E-state index is 12.2. The molecule has 21 heavy (non-hydrogen) atoms. The van der Waals surface area contributed by atoms with Gasteiger partial charge >= 0.3 is 0 Å². The number of nitrogens with one attached hydrogen (secondary N) is 1.